The summed E-state index contributed by atoms with van der Waals surface area (Å²) in [6.45, 7) is 0. The van der Waals surface area contributed by atoms with E-state index in [2.05, 4.69) is 31.2 Å². The zero-order valence-corrected chi connectivity index (χ0v) is 13.7. The Hall–Kier alpha value is -2.34. The summed E-state index contributed by atoms with van der Waals surface area (Å²) in [5.74, 6) is 1.93. The predicted octanol–water partition coefficient (Wildman–Crippen LogP) is 4.15. The first kappa shape index (κ1) is 14.6. The minimum absolute atomic E-state index is 0.629. The molecule has 112 valence electrons. The normalized spacial score (nSPS) is 10.5. The molecule has 0 aliphatic rings. The van der Waals surface area contributed by atoms with Crippen LogP contribution in [0.4, 0.5) is 11.5 Å². The molecule has 0 amide bonds. The van der Waals surface area contributed by atoms with Gasteiger partial charge in [0, 0.05) is 22.3 Å². The Morgan fingerprint density at radius 2 is 1.73 bits per heavy atom. The van der Waals surface area contributed by atoms with Gasteiger partial charge < -0.3 is 14.8 Å². The van der Waals surface area contributed by atoms with E-state index in [-0.39, 0.29) is 0 Å². The van der Waals surface area contributed by atoms with Gasteiger partial charge in [0.25, 0.3) is 0 Å². The number of anilines is 2. The molecule has 2 aromatic carbocycles. The lowest BCUT2D eigenvalue weighted by Gasteiger charge is -2.10. The fraction of sp³-hybridized carbons (Fsp3) is 0.125. The van der Waals surface area contributed by atoms with Crippen LogP contribution in [0.25, 0.3) is 11.0 Å². The summed E-state index contributed by atoms with van der Waals surface area (Å²) < 4.78 is 11.6. The number of rotatable bonds is 4. The molecule has 3 aromatic rings. The van der Waals surface area contributed by atoms with E-state index in [9.17, 15) is 0 Å². The molecule has 0 fully saturated rings. The molecule has 0 aliphatic heterocycles. The van der Waals surface area contributed by atoms with Crippen molar-refractivity contribution in [2.24, 2.45) is 0 Å². The van der Waals surface area contributed by atoms with Crippen molar-refractivity contribution in [3.63, 3.8) is 0 Å². The van der Waals surface area contributed by atoms with Crippen LogP contribution < -0.4 is 14.8 Å². The number of halogens is 1. The fourth-order valence-electron chi connectivity index (χ4n) is 2.11. The van der Waals surface area contributed by atoms with Gasteiger partial charge in [-0.1, -0.05) is 22.0 Å². The Balaban J connectivity index is 1.98. The molecule has 0 atom stereocenters. The second-order valence-corrected chi connectivity index (χ2v) is 5.50. The molecule has 0 spiro atoms. The Morgan fingerprint density at radius 3 is 2.41 bits per heavy atom. The van der Waals surface area contributed by atoms with Gasteiger partial charge in [-0.25, -0.2) is 4.98 Å². The molecule has 22 heavy (non-hydrogen) atoms. The molecular formula is C16H14BrN3O2. The second kappa shape index (κ2) is 6.19. The van der Waals surface area contributed by atoms with Crippen LogP contribution in [0.5, 0.6) is 11.5 Å². The quantitative estimate of drug-likeness (QED) is 0.757. The molecule has 0 unspecified atom stereocenters. The predicted molar refractivity (Wildman–Crippen MR) is 90.1 cm³/mol. The molecule has 0 saturated heterocycles. The van der Waals surface area contributed by atoms with Crippen molar-refractivity contribution >= 4 is 38.5 Å². The average molecular weight is 360 g/mol. The first-order chi connectivity index (χ1) is 10.7. The lowest BCUT2D eigenvalue weighted by Crippen LogP contribution is -1.97. The molecule has 1 N–H and O–H groups in total. The summed E-state index contributed by atoms with van der Waals surface area (Å²) in [5.41, 5.74) is 2.42. The number of ether oxygens (including phenoxy) is 2. The van der Waals surface area contributed by atoms with Gasteiger partial charge in [-0.2, -0.15) is 0 Å². The third kappa shape index (κ3) is 2.96. The fourth-order valence-corrected chi connectivity index (χ4v) is 2.51. The summed E-state index contributed by atoms with van der Waals surface area (Å²) >= 11 is 3.44. The van der Waals surface area contributed by atoms with Crippen LogP contribution in [0, 0.1) is 0 Å². The first-order valence-corrected chi connectivity index (χ1v) is 7.40. The van der Waals surface area contributed by atoms with Crippen LogP contribution in [0.2, 0.25) is 0 Å². The minimum Gasteiger partial charge on any atom is -0.493 e. The van der Waals surface area contributed by atoms with Crippen LogP contribution in [-0.4, -0.2) is 24.2 Å². The van der Waals surface area contributed by atoms with E-state index >= 15 is 0 Å². The van der Waals surface area contributed by atoms with Crippen LogP contribution in [0.15, 0.2) is 47.1 Å². The summed E-state index contributed by atoms with van der Waals surface area (Å²) in [7, 11) is 3.20. The van der Waals surface area contributed by atoms with Gasteiger partial charge in [0.05, 0.1) is 31.4 Å². The van der Waals surface area contributed by atoms with E-state index in [4.69, 9.17) is 9.47 Å². The number of fused-ring (bicyclic) bond motifs is 1. The van der Waals surface area contributed by atoms with Crippen LogP contribution >= 0.6 is 15.9 Å². The number of aromatic nitrogens is 2. The smallest absolute Gasteiger partial charge is 0.163 e. The minimum atomic E-state index is 0.629. The number of hydrogen-bond acceptors (Lipinski definition) is 5. The molecule has 0 bridgehead atoms. The SMILES string of the molecule is COc1cc2ncc(Nc3cccc(Br)c3)nc2cc1OC. The number of nitrogens with one attached hydrogen (secondary N) is 1. The Kier molecular flexibility index (Phi) is 4.11. The van der Waals surface area contributed by atoms with Gasteiger partial charge in [0.2, 0.25) is 0 Å². The Bertz CT molecular complexity index is 824. The summed E-state index contributed by atoms with van der Waals surface area (Å²) in [6, 6.07) is 11.5. The van der Waals surface area contributed by atoms with E-state index in [1.165, 1.54) is 0 Å². The van der Waals surface area contributed by atoms with Crippen LogP contribution in [-0.2, 0) is 0 Å². The molecule has 0 aliphatic carbocycles. The highest BCUT2D eigenvalue weighted by Crippen LogP contribution is 2.31. The van der Waals surface area contributed by atoms with Crippen molar-refractivity contribution in [1.82, 2.24) is 9.97 Å². The Labute approximate surface area is 136 Å². The third-order valence-corrected chi connectivity index (χ3v) is 3.64. The molecule has 0 radical (unpaired) electrons. The summed E-state index contributed by atoms with van der Waals surface area (Å²) in [4.78, 5) is 8.97. The largest absolute Gasteiger partial charge is 0.493 e. The van der Waals surface area contributed by atoms with Gasteiger partial charge in [0.1, 0.15) is 5.82 Å². The summed E-state index contributed by atoms with van der Waals surface area (Å²) in [5, 5.41) is 3.23. The molecule has 3 rings (SSSR count). The lowest BCUT2D eigenvalue weighted by atomic mass is 10.2. The van der Waals surface area contributed by atoms with Gasteiger partial charge >= 0.3 is 0 Å². The number of benzene rings is 2. The van der Waals surface area contributed by atoms with Crippen molar-refractivity contribution in [3.8, 4) is 11.5 Å². The van der Waals surface area contributed by atoms with E-state index in [1.54, 1.807) is 20.4 Å². The van der Waals surface area contributed by atoms with Gasteiger partial charge in [-0.15, -0.1) is 0 Å². The monoisotopic (exact) mass is 359 g/mol. The van der Waals surface area contributed by atoms with Gasteiger partial charge in [-0.05, 0) is 18.2 Å². The number of nitrogens with zero attached hydrogens (tertiary/aromatic N) is 2. The lowest BCUT2D eigenvalue weighted by molar-refractivity contribution is 0.355. The van der Waals surface area contributed by atoms with Crippen molar-refractivity contribution in [3.05, 3.63) is 47.1 Å². The maximum absolute atomic E-state index is 5.30. The molecular weight excluding hydrogens is 346 g/mol. The standard InChI is InChI=1S/C16H14BrN3O2/c1-21-14-7-12-13(8-15(14)22-2)20-16(9-18-12)19-11-5-3-4-10(17)6-11/h3-9H,1-2H3,(H,19,20). The third-order valence-electron chi connectivity index (χ3n) is 3.14. The van der Waals surface area contributed by atoms with Crippen molar-refractivity contribution in [1.29, 1.82) is 0 Å². The van der Waals surface area contributed by atoms with Gasteiger partial charge in [0.15, 0.2) is 11.5 Å². The average Bonchev–Trinajstić information content (AvgIpc) is 2.53. The van der Waals surface area contributed by atoms with E-state index in [0.717, 1.165) is 21.2 Å². The highest BCUT2D eigenvalue weighted by Gasteiger charge is 2.08. The first-order valence-electron chi connectivity index (χ1n) is 6.61. The highest BCUT2D eigenvalue weighted by molar-refractivity contribution is 9.10. The molecule has 1 heterocycles. The van der Waals surface area contributed by atoms with E-state index in [0.29, 0.717) is 17.3 Å². The van der Waals surface area contributed by atoms with Crippen molar-refractivity contribution in [2.75, 3.05) is 19.5 Å². The van der Waals surface area contributed by atoms with E-state index < -0.39 is 0 Å². The van der Waals surface area contributed by atoms with Gasteiger partial charge in [-0.3, -0.25) is 4.98 Å². The molecule has 6 heteroatoms. The molecule has 5 nitrogen and oxygen atoms in total. The zero-order chi connectivity index (χ0) is 15.5. The number of hydrogen-bond donors (Lipinski definition) is 1. The molecule has 0 saturated carbocycles. The number of methoxy groups -OCH3 is 2. The van der Waals surface area contributed by atoms with Crippen molar-refractivity contribution < 1.29 is 9.47 Å². The van der Waals surface area contributed by atoms with E-state index in [1.807, 2.05) is 36.4 Å². The zero-order valence-electron chi connectivity index (χ0n) is 12.1. The topological polar surface area (TPSA) is 56.3 Å². The molecule has 1 aromatic heterocycles. The highest BCUT2D eigenvalue weighted by atomic mass is 79.9. The maximum atomic E-state index is 5.30. The van der Waals surface area contributed by atoms with Crippen molar-refractivity contribution in [2.45, 2.75) is 0 Å². The Morgan fingerprint density at radius 1 is 1.00 bits per heavy atom. The summed E-state index contributed by atoms with van der Waals surface area (Å²) in [6.07, 6.45) is 1.69. The second-order valence-electron chi connectivity index (χ2n) is 4.59. The van der Waals surface area contributed by atoms with Crippen LogP contribution in [0.1, 0.15) is 0 Å². The maximum Gasteiger partial charge on any atom is 0.163 e. The van der Waals surface area contributed by atoms with Crippen LogP contribution in [0.3, 0.4) is 0 Å².